The predicted molar refractivity (Wildman–Crippen MR) is 86.0 cm³/mol. The van der Waals surface area contributed by atoms with Gasteiger partial charge in [-0.2, -0.15) is 0 Å². The molecule has 0 aliphatic carbocycles. The van der Waals surface area contributed by atoms with Gasteiger partial charge in [-0.25, -0.2) is 9.97 Å². The van der Waals surface area contributed by atoms with Crippen molar-refractivity contribution in [2.24, 2.45) is 0 Å². The van der Waals surface area contributed by atoms with E-state index in [0.29, 0.717) is 6.04 Å². The molecule has 110 valence electrons. The summed E-state index contributed by atoms with van der Waals surface area (Å²) >= 11 is 3.40. The normalized spacial score (nSPS) is 16.1. The summed E-state index contributed by atoms with van der Waals surface area (Å²) in [6, 6.07) is 6.46. The molecule has 3 heterocycles. The highest BCUT2D eigenvalue weighted by Gasteiger charge is 2.20. The second-order valence-corrected chi connectivity index (χ2v) is 6.07. The summed E-state index contributed by atoms with van der Waals surface area (Å²) in [6.45, 7) is 2.81. The van der Waals surface area contributed by atoms with E-state index in [2.05, 4.69) is 41.1 Å². The van der Waals surface area contributed by atoms with Crippen LogP contribution >= 0.6 is 15.9 Å². The van der Waals surface area contributed by atoms with Crippen molar-refractivity contribution in [2.45, 2.75) is 25.4 Å². The van der Waals surface area contributed by atoms with E-state index in [9.17, 15) is 0 Å². The zero-order valence-electron chi connectivity index (χ0n) is 11.7. The van der Waals surface area contributed by atoms with E-state index in [1.807, 2.05) is 24.4 Å². The summed E-state index contributed by atoms with van der Waals surface area (Å²) in [5.74, 6) is 0.838. The van der Waals surface area contributed by atoms with Crippen LogP contribution in [-0.4, -0.2) is 34.1 Å². The Morgan fingerprint density at radius 2 is 1.90 bits per heavy atom. The minimum absolute atomic E-state index is 0.537. The van der Waals surface area contributed by atoms with Crippen LogP contribution in [0.1, 0.15) is 18.5 Å². The molecule has 0 radical (unpaired) electrons. The van der Waals surface area contributed by atoms with Crippen LogP contribution in [0.5, 0.6) is 0 Å². The summed E-state index contributed by atoms with van der Waals surface area (Å²) in [6.07, 6.45) is 7.65. The summed E-state index contributed by atoms with van der Waals surface area (Å²) in [5.41, 5.74) is 1.08. The van der Waals surface area contributed by atoms with Gasteiger partial charge in [-0.3, -0.25) is 4.98 Å². The molecule has 2 aromatic rings. The summed E-state index contributed by atoms with van der Waals surface area (Å²) in [5, 5.41) is 3.58. The first-order chi connectivity index (χ1) is 10.3. The lowest BCUT2D eigenvalue weighted by Crippen LogP contribution is -2.42. The van der Waals surface area contributed by atoms with Gasteiger partial charge in [0.1, 0.15) is 0 Å². The first-order valence-electron chi connectivity index (χ1n) is 7.17. The number of aromatic nitrogens is 3. The van der Waals surface area contributed by atoms with Gasteiger partial charge < -0.3 is 10.2 Å². The fraction of sp³-hybridized carbons (Fsp3) is 0.400. The molecule has 0 bridgehead atoms. The van der Waals surface area contributed by atoms with E-state index < -0.39 is 0 Å². The lowest BCUT2D eigenvalue weighted by atomic mass is 10.1. The third-order valence-electron chi connectivity index (χ3n) is 3.69. The molecule has 0 spiro atoms. The summed E-state index contributed by atoms with van der Waals surface area (Å²) in [4.78, 5) is 15.2. The number of halogens is 1. The summed E-state index contributed by atoms with van der Waals surface area (Å²) in [7, 11) is 0. The fourth-order valence-corrected chi connectivity index (χ4v) is 2.73. The van der Waals surface area contributed by atoms with Gasteiger partial charge in [0.05, 0.1) is 5.69 Å². The number of pyridine rings is 1. The van der Waals surface area contributed by atoms with Crippen molar-refractivity contribution in [3.63, 3.8) is 0 Å². The molecule has 0 saturated carbocycles. The molecule has 1 fully saturated rings. The Morgan fingerprint density at radius 1 is 1.14 bits per heavy atom. The molecule has 0 unspecified atom stereocenters. The van der Waals surface area contributed by atoms with Crippen molar-refractivity contribution >= 4 is 21.9 Å². The lowest BCUT2D eigenvalue weighted by Gasteiger charge is -2.32. The number of piperidine rings is 1. The molecule has 0 amide bonds. The van der Waals surface area contributed by atoms with Crippen molar-refractivity contribution in [3.8, 4) is 0 Å². The monoisotopic (exact) mass is 347 g/mol. The van der Waals surface area contributed by atoms with Gasteiger partial charge in [-0.15, -0.1) is 0 Å². The largest absolute Gasteiger partial charge is 0.341 e. The first-order valence-corrected chi connectivity index (χ1v) is 7.96. The van der Waals surface area contributed by atoms with Gasteiger partial charge in [-0.05, 0) is 47.0 Å². The van der Waals surface area contributed by atoms with Crippen molar-refractivity contribution in [1.82, 2.24) is 20.3 Å². The average molecular weight is 348 g/mol. The lowest BCUT2D eigenvalue weighted by molar-refractivity contribution is 0.409. The third-order valence-corrected chi connectivity index (χ3v) is 4.16. The van der Waals surface area contributed by atoms with Gasteiger partial charge in [0.15, 0.2) is 0 Å². The van der Waals surface area contributed by atoms with Crippen LogP contribution in [0.4, 0.5) is 5.95 Å². The van der Waals surface area contributed by atoms with E-state index in [1.54, 1.807) is 12.4 Å². The first kappa shape index (κ1) is 14.4. The van der Waals surface area contributed by atoms with Crippen molar-refractivity contribution in [2.75, 3.05) is 18.0 Å². The smallest absolute Gasteiger partial charge is 0.225 e. The van der Waals surface area contributed by atoms with E-state index in [0.717, 1.165) is 48.6 Å². The number of nitrogens with one attached hydrogen (secondary N) is 1. The molecule has 5 nitrogen and oxygen atoms in total. The maximum absolute atomic E-state index is 4.39. The van der Waals surface area contributed by atoms with Gasteiger partial charge >= 0.3 is 0 Å². The minimum atomic E-state index is 0.537. The second-order valence-electron chi connectivity index (χ2n) is 5.16. The number of nitrogens with zero attached hydrogens (tertiary/aromatic N) is 4. The minimum Gasteiger partial charge on any atom is -0.341 e. The molecule has 3 rings (SSSR count). The van der Waals surface area contributed by atoms with Crippen LogP contribution in [0.15, 0.2) is 41.3 Å². The topological polar surface area (TPSA) is 53.9 Å². The summed E-state index contributed by atoms with van der Waals surface area (Å²) < 4.78 is 1.02. The number of rotatable bonds is 4. The Hall–Kier alpha value is -1.53. The highest BCUT2D eigenvalue weighted by molar-refractivity contribution is 9.10. The van der Waals surface area contributed by atoms with E-state index in [1.165, 1.54) is 0 Å². The Morgan fingerprint density at radius 3 is 2.57 bits per heavy atom. The quantitative estimate of drug-likeness (QED) is 0.920. The van der Waals surface area contributed by atoms with Crippen molar-refractivity contribution < 1.29 is 0 Å². The molecule has 6 heteroatoms. The molecule has 1 saturated heterocycles. The van der Waals surface area contributed by atoms with Gasteiger partial charge in [0.2, 0.25) is 5.95 Å². The Balaban J connectivity index is 1.47. The molecular formula is C15H18BrN5. The van der Waals surface area contributed by atoms with Crippen LogP contribution < -0.4 is 10.2 Å². The van der Waals surface area contributed by atoms with Gasteiger partial charge in [0, 0.05) is 48.7 Å². The Bertz CT molecular complexity index is 552. The zero-order valence-corrected chi connectivity index (χ0v) is 13.3. The van der Waals surface area contributed by atoms with Crippen LogP contribution in [0.2, 0.25) is 0 Å². The third kappa shape index (κ3) is 3.98. The standard InChI is InChI=1S/C15H18BrN5/c16-12-2-3-14(19-10-12)11-20-13-4-8-21(9-5-13)15-17-6-1-7-18-15/h1-3,6-7,10,13,20H,4-5,8-9,11H2. The van der Waals surface area contributed by atoms with Crippen LogP contribution in [-0.2, 0) is 6.54 Å². The molecule has 2 aromatic heterocycles. The van der Waals surface area contributed by atoms with Gasteiger partial charge in [-0.1, -0.05) is 0 Å². The Kier molecular flexibility index (Phi) is 4.77. The molecule has 0 aromatic carbocycles. The van der Waals surface area contributed by atoms with Crippen molar-refractivity contribution in [1.29, 1.82) is 0 Å². The molecule has 0 atom stereocenters. The maximum atomic E-state index is 4.39. The molecule has 1 N–H and O–H groups in total. The van der Waals surface area contributed by atoms with Crippen molar-refractivity contribution in [3.05, 3.63) is 47.0 Å². The highest BCUT2D eigenvalue weighted by Crippen LogP contribution is 2.15. The van der Waals surface area contributed by atoms with E-state index >= 15 is 0 Å². The molecule has 1 aliphatic rings. The van der Waals surface area contributed by atoms with Gasteiger partial charge in [0.25, 0.3) is 0 Å². The number of anilines is 1. The molecule has 21 heavy (non-hydrogen) atoms. The highest BCUT2D eigenvalue weighted by atomic mass is 79.9. The van der Waals surface area contributed by atoms with Crippen LogP contribution in [0.25, 0.3) is 0 Å². The molecular weight excluding hydrogens is 330 g/mol. The van der Waals surface area contributed by atoms with E-state index in [4.69, 9.17) is 0 Å². The number of hydrogen-bond acceptors (Lipinski definition) is 5. The van der Waals surface area contributed by atoms with E-state index in [-0.39, 0.29) is 0 Å². The Labute approximate surface area is 133 Å². The molecule has 1 aliphatic heterocycles. The number of hydrogen-bond donors (Lipinski definition) is 1. The zero-order chi connectivity index (χ0) is 14.5. The maximum Gasteiger partial charge on any atom is 0.225 e. The van der Waals surface area contributed by atoms with Crippen LogP contribution in [0.3, 0.4) is 0 Å². The van der Waals surface area contributed by atoms with Crippen LogP contribution in [0, 0.1) is 0 Å². The fourth-order valence-electron chi connectivity index (χ4n) is 2.50. The second kappa shape index (κ2) is 6.95. The SMILES string of the molecule is Brc1ccc(CNC2CCN(c3ncccn3)CC2)nc1. The average Bonchev–Trinajstić information content (AvgIpc) is 2.56. The predicted octanol–water partition coefficient (Wildman–Crippen LogP) is 2.39.